The van der Waals surface area contributed by atoms with E-state index < -0.39 is 68.0 Å². The van der Waals surface area contributed by atoms with Crippen LogP contribution in [-0.2, 0) is 26.3 Å². The SMILES string of the molecule is [CH3][Sb]([CH3])(=[O])[c]1ccc2c(c1)Sc1[c]([Sb]([CH3])([CH3])=[O])ccc(S(=O)(=O)O)c1C2S(=O)(=O)O. The van der Waals surface area contributed by atoms with Crippen LogP contribution in [0.25, 0.3) is 0 Å². The van der Waals surface area contributed by atoms with E-state index in [2.05, 4.69) is 0 Å². The van der Waals surface area contributed by atoms with Crippen LogP contribution >= 0.6 is 11.8 Å². The fourth-order valence-corrected chi connectivity index (χ4v) is 14.2. The normalized spacial score (nSPS) is 17.3. The first-order valence-electron chi connectivity index (χ1n) is 8.46. The number of hydrogen-bond donors (Lipinski definition) is 2. The second-order valence-corrected chi connectivity index (χ2v) is 29.9. The molecule has 0 bridgehead atoms. The van der Waals surface area contributed by atoms with Crippen molar-refractivity contribution in [2.45, 2.75) is 39.4 Å². The Morgan fingerprint density at radius 2 is 1.50 bits per heavy atom. The van der Waals surface area contributed by atoms with E-state index in [1.807, 2.05) is 0 Å². The summed E-state index contributed by atoms with van der Waals surface area (Å²) in [6, 6.07) is 6.83. The fourth-order valence-electron chi connectivity index (χ4n) is 3.31. The molecule has 8 nitrogen and oxygen atoms in total. The molecule has 0 amide bonds. The molecule has 1 heterocycles. The molecular formula is C17H20O8S3Sb2. The van der Waals surface area contributed by atoms with Crippen molar-refractivity contribution < 1.29 is 32.0 Å². The van der Waals surface area contributed by atoms with Gasteiger partial charge >= 0.3 is 189 Å². The zero-order valence-electron chi connectivity index (χ0n) is 16.4. The van der Waals surface area contributed by atoms with Crippen LogP contribution in [0.5, 0.6) is 0 Å². The molecule has 2 aromatic rings. The predicted octanol–water partition coefficient (Wildman–Crippen LogP) is 2.06. The number of benzene rings is 2. The third-order valence-corrected chi connectivity index (χ3v) is 17.1. The van der Waals surface area contributed by atoms with Crippen LogP contribution in [0.15, 0.2) is 45.0 Å². The molecule has 164 valence electrons. The van der Waals surface area contributed by atoms with Gasteiger partial charge in [-0.1, -0.05) is 0 Å². The Bertz CT molecular complexity index is 1370. The van der Waals surface area contributed by atoms with E-state index in [9.17, 15) is 32.0 Å². The molecule has 0 saturated carbocycles. The molecule has 1 atom stereocenters. The van der Waals surface area contributed by atoms with E-state index in [1.54, 1.807) is 15.8 Å². The molecule has 0 saturated heterocycles. The molecule has 1 aliphatic rings. The first-order valence-corrected chi connectivity index (χ1v) is 27.1. The summed E-state index contributed by atoms with van der Waals surface area (Å²) in [5.74, 6) is 0. The summed E-state index contributed by atoms with van der Waals surface area (Å²) in [5, 5.41) is -1.80. The summed E-state index contributed by atoms with van der Waals surface area (Å²) in [5.41, 5.74) is -0.211. The van der Waals surface area contributed by atoms with Crippen LogP contribution in [-0.4, -0.2) is 63.5 Å². The Morgan fingerprint density at radius 3 is 1.97 bits per heavy atom. The molecule has 0 aromatic heterocycles. The third-order valence-electron chi connectivity index (χ3n) is 4.67. The van der Waals surface area contributed by atoms with Crippen molar-refractivity contribution in [1.29, 1.82) is 0 Å². The summed E-state index contributed by atoms with van der Waals surface area (Å²) in [6.45, 7) is 0. The molecule has 30 heavy (non-hydrogen) atoms. The van der Waals surface area contributed by atoms with Gasteiger partial charge in [0.15, 0.2) is 0 Å². The van der Waals surface area contributed by atoms with E-state index in [-0.39, 0.29) is 16.0 Å². The summed E-state index contributed by atoms with van der Waals surface area (Å²) >= 11 is -6.69. The molecule has 0 aliphatic carbocycles. The maximum atomic E-state index is 13.0. The standard InChI is InChI=1S/C13H8O6S3.4CH3.2O.2Sb/c14-21(15,16)11-7-3-6-10-12(11)13(22(17,18)19)8-4-1-2-5-9(8)20-10;;;;;;;;/h1,3-5,7,13H,(H,14,15,16)(H,17,18,19);4*1H3;;;;. The molecule has 0 spiro atoms. The van der Waals surface area contributed by atoms with Crippen molar-refractivity contribution in [2.24, 2.45) is 0 Å². The van der Waals surface area contributed by atoms with E-state index in [1.165, 1.54) is 27.9 Å². The van der Waals surface area contributed by atoms with E-state index >= 15 is 0 Å². The molecule has 13 heteroatoms. The van der Waals surface area contributed by atoms with Crippen molar-refractivity contribution in [2.75, 3.05) is 0 Å². The van der Waals surface area contributed by atoms with Crippen molar-refractivity contribution in [3.05, 3.63) is 41.5 Å². The average molecular weight is 692 g/mol. The topological polar surface area (TPSA) is 143 Å². The quantitative estimate of drug-likeness (QED) is 0.364. The van der Waals surface area contributed by atoms with Crippen molar-refractivity contribution in [3.63, 3.8) is 0 Å². The van der Waals surface area contributed by atoms with Gasteiger partial charge in [-0.05, 0) is 0 Å². The molecule has 0 fully saturated rings. The van der Waals surface area contributed by atoms with Gasteiger partial charge in [0, 0.05) is 0 Å². The van der Waals surface area contributed by atoms with E-state index in [4.69, 9.17) is 0 Å². The van der Waals surface area contributed by atoms with Crippen molar-refractivity contribution >= 4 is 76.6 Å². The van der Waals surface area contributed by atoms with Gasteiger partial charge in [0.05, 0.1) is 0 Å². The average Bonchev–Trinajstić information content (AvgIpc) is 2.54. The van der Waals surface area contributed by atoms with Crippen LogP contribution in [0.4, 0.5) is 0 Å². The molecule has 2 aromatic carbocycles. The molecule has 0 radical (unpaired) electrons. The second kappa shape index (κ2) is 7.71. The van der Waals surface area contributed by atoms with E-state index in [0.717, 1.165) is 17.8 Å². The van der Waals surface area contributed by atoms with Gasteiger partial charge in [0.25, 0.3) is 0 Å². The summed E-state index contributed by atoms with van der Waals surface area (Å²) in [7, 11) is -9.72. The Hall–Kier alpha value is -0.154. The van der Waals surface area contributed by atoms with Gasteiger partial charge < -0.3 is 0 Å². The molecule has 3 rings (SSSR count). The van der Waals surface area contributed by atoms with Gasteiger partial charge in [0.1, 0.15) is 0 Å². The zero-order chi connectivity index (χ0) is 22.9. The minimum absolute atomic E-state index is 0.104. The van der Waals surface area contributed by atoms with Crippen LogP contribution in [0, 0.1) is 0 Å². The Kier molecular flexibility index (Phi) is 6.30. The van der Waals surface area contributed by atoms with Crippen molar-refractivity contribution in [1.82, 2.24) is 0 Å². The fraction of sp³-hybridized carbons (Fsp3) is 0.294. The summed E-state index contributed by atoms with van der Waals surface area (Å²) in [6.07, 6.45) is 0. The van der Waals surface area contributed by atoms with Gasteiger partial charge in [0.2, 0.25) is 0 Å². The molecular weight excluding hydrogens is 672 g/mol. The molecule has 1 aliphatic heterocycles. The minimum atomic E-state index is -4.88. The van der Waals surface area contributed by atoms with Crippen LogP contribution in [0.1, 0.15) is 16.4 Å². The first kappa shape index (κ1) is 24.5. The number of fused-ring (bicyclic) bond motifs is 2. The zero-order valence-corrected chi connectivity index (χ0v) is 24.0. The van der Waals surface area contributed by atoms with Crippen LogP contribution in [0.2, 0.25) is 19.5 Å². The van der Waals surface area contributed by atoms with E-state index in [0.29, 0.717) is 11.9 Å². The van der Waals surface area contributed by atoms with Crippen LogP contribution < -0.4 is 7.02 Å². The summed E-state index contributed by atoms with van der Waals surface area (Å²) < 4.78 is 95.0. The predicted molar refractivity (Wildman–Crippen MR) is 116 cm³/mol. The monoisotopic (exact) mass is 690 g/mol. The Balaban J connectivity index is 2.50. The third kappa shape index (κ3) is 4.63. The molecule has 1 unspecified atom stereocenters. The second-order valence-electron chi connectivity index (χ2n) is 7.72. The van der Waals surface area contributed by atoms with Crippen LogP contribution in [0.3, 0.4) is 0 Å². The Morgan fingerprint density at radius 1 is 0.900 bits per heavy atom. The van der Waals surface area contributed by atoms with Gasteiger partial charge in [-0.3, -0.25) is 0 Å². The molecule has 2 N–H and O–H groups in total. The number of hydrogen-bond acceptors (Lipinski definition) is 7. The van der Waals surface area contributed by atoms with Gasteiger partial charge in [-0.15, -0.1) is 0 Å². The maximum absolute atomic E-state index is 13.0. The van der Waals surface area contributed by atoms with Gasteiger partial charge in [-0.25, -0.2) is 0 Å². The number of rotatable bonds is 4. The van der Waals surface area contributed by atoms with Crippen molar-refractivity contribution in [3.8, 4) is 0 Å². The summed E-state index contributed by atoms with van der Waals surface area (Å²) in [4.78, 5) is 6.19. The Labute approximate surface area is 187 Å². The van der Waals surface area contributed by atoms with Gasteiger partial charge in [-0.2, -0.15) is 0 Å². The first-order chi connectivity index (χ1) is 13.4.